The lowest BCUT2D eigenvalue weighted by atomic mass is 9.99. The normalized spacial score (nSPS) is 17.0. The number of aliphatic hydroxyl groups is 1. The fourth-order valence-corrected chi connectivity index (χ4v) is 3.46. The molecule has 9 heteroatoms. The zero-order valence-corrected chi connectivity index (χ0v) is 16.8. The van der Waals surface area contributed by atoms with Gasteiger partial charge in [-0.15, -0.1) is 0 Å². The summed E-state index contributed by atoms with van der Waals surface area (Å²) in [6.07, 6.45) is 2.12. The number of nitrogens with one attached hydrogen (secondary N) is 2. The first kappa shape index (κ1) is 21.4. The first-order valence-electron chi connectivity index (χ1n) is 9.40. The van der Waals surface area contributed by atoms with Crippen LogP contribution in [0.25, 0.3) is 11.1 Å². The van der Waals surface area contributed by atoms with E-state index in [4.69, 9.17) is 0 Å². The maximum Gasteiger partial charge on any atom is 0.223 e. The zero-order chi connectivity index (χ0) is 21.0. The Balaban J connectivity index is 1.67. The molecular formula is C20H24FN3O4S. The molecule has 1 fully saturated rings. The predicted octanol–water partition coefficient (Wildman–Crippen LogP) is 1.82. The van der Waals surface area contributed by atoms with E-state index in [0.29, 0.717) is 11.3 Å². The van der Waals surface area contributed by atoms with E-state index in [0.717, 1.165) is 24.0 Å². The van der Waals surface area contributed by atoms with E-state index in [1.165, 1.54) is 0 Å². The molecule has 3 N–H and O–H groups in total. The highest BCUT2D eigenvalue weighted by molar-refractivity contribution is 7.70. The van der Waals surface area contributed by atoms with Gasteiger partial charge < -0.3 is 10.4 Å². The molecule has 3 rings (SSSR count). The van der Waals surface area contributed by atoms with Crippen LogP contribution in [0.1, 0.15) is 43.2 Å². The van der Waals surface area contributed by atoms with Crippen LogP contribution in [0, 0.1) is 5.92 Å². The van der Waals surface area contributed by atoms with Crippen LogP contribution in [0.4, 0.5) is 4.39 Å². The molecule has 0 saturated heterocycles. The highest BCUT2D eigenvalue weighted by atomic mass is 32.2. The average Bonchev–Trinajstić information content (AvgIpc) is 3.56. The maximum atomic E-state index is 13.3. The van der Waals surface area contributed by atoms with Crippen molar-refractivity contribution < 1.29 is 22.7 Å². The minimum absolute atomic E-state index is 0.0544. The number of nitrogens with zero attached hydrogens (tertiary/aromatic N) is 1. The average molecular weight is 421 g/mol. The minimum Gasteiger partial charge on any atom is -0.386 e. The van der Waals surface area contributed by atoms with Crippen LogP contribution >= 0.6 is 0 Å². The number of benzene rings is 1. The highest BCUT2D eigenvalue weighted by Crippen LogP contribution is 2.30. The summed E-state index contributed by atoms with van der Waals surface area (Å²) in [5.74, 6) is -0.263. The Morgan fingerprint density at radius 3 is 2.38 bits per heavy atom. The summed E-state index contributed by atoms with van der Waals surface area (Å²) in [6.45, 7) is 0.848. The number of hydrogen-bond acceptors (Lipinski definition) is 5. The van der Waals surface area contributed by atoms with Crippen LogP contribution in [0.5, 0.6) is 0 Å². The second-order valence-electron chi connectivity index (χ2n) is 7.19. The van der Waals surface area contributed by atoms with Crippen molar-refractivity contribution in [1.82, 2.24) is 15.0 Å². The SMILES string of the molecule is CC(N[SH](=O)=O)c1ccc(-c2ccc([C@H](O)[C@@H](CF)NC(=O)C3CC3)cc2)cn1. The molecular weight excluding hydrogens is 397 g/mol. The Labute approximate surface area is 170 Å². The number of alkyl halides is 1. The Morgan fingerprint density at radius 2 is 1.86 bits per heavy atom. The topological polar surface area (TPSA) is 108 Å². The van der Waals surface area contributed by atoms with Gasteiger partial charge in [-0.1, -0.05) is 30.3 Å². The summed E-state index contributed by atoms with van der Waals surface area (Å²) >= 11 is 0. The third-order valence-corrected chi connectivity index (χ3v) is 5.54. The molecule has 1 aliphatic carbocycles. The van der Waals surface area contributed by atoms with Gasteiger partial charge >= 0.3 is 0 Å². The molecule has 0 spiro atoms. The maximum absolute atomic E-state index is 13.3. The van der Waals surface area contributed by atoms with Gasteiger partial charge in [0.15, 0.2) is 0 Å². The molecule has 2 aromatic rings. The van der Waals surface area contributed by atoms with Gasteiger partial charge in [0.2, 0.25) is 16.8 Å². The van der Waals surface area contributed by atoms with E-state index in [2.05, 4.69) is 15.0 Å². The van der Waals surface area contributed by atoms with E-state index in [-0.39, 0.29) is 11.8 Å². The third-order valence-electron chi connectivity index (χ3n) is 4.94. The minimum atomic E-state index is -2.70. The van der Waals surface area contributed by atoms with Crippen LogP contribution in [0.2, 0.25) is 0 Å². The highest BCUT2D eigenvalue weighted by Gasteiger charge is 2.33. The molecule has 156 valence electrons. The van der Waals surface area contributed by atoms with E-state index < -0.39 is 35.8 Å². The van der Waals surface area contributed by atoms with Crippen molar-refractivity contribution in [2.75, 3.05) is 6.67 Å². The largest absolute Gasteiger partial charge is 0.386 e. The van der Waals surface area contributed by atoms with Gasteiger partial charge in [0, 0.05) is 17.7 Å². The second kappa shape index (κ2) is 9.43. The lowest BCUT2D eigenvalue weighted by Gasteiger charge is -2.22. The molecule has 0 bridgehead atoms. The summed E-state index contributed by atoms with van der Waals surface area (Å²) in [7, 11) is -2.70. The number of rotatable bonds is 9. The molecule has 1 amide bonds. The number of hydrogen-bond donors (Lipinski definition) is 4. The van der Waals surface area contributed by atoms with Crippen molar-refractivity contribution in [2.24, 2.45) is 5.92 Å². The zero-order valence-electron chi connectivity index (χ0n) is 15.9. The lowest BCUT2D eigenvalue weighted by molar-refractivity contribution is -0.124. The van der Waals surface area contributed by atoms with Crippen molar-refractivity contribution in [3.8, 4) is 11.1 Å². The smallest absolute Gasteiger partial charge is 0.223 e. The summed E-state index contributed by atoms with van der Waals surface area (Å²) in [4.78, 5) is 16.1. The number of halogens is 1. The van der Waals surface area contributed by atoms with Gasteiger partial charge in [-0.05, 0) is 37.0 Å². The molecule has 1 unspecified atom stereocenters. The van der Waals surface area contributed by atoms with Gasteiger partial charge in [0.05, 0.1) is 17.8 Å². The Morgan fingerprint density at radius 1 is 1.21 bits per heavy atom. The standard InChI is InChI=1S/C20H24FN3O4S/c1-12(24-29(27)28)17-9-8-16(11-22-17)13-2-4-14(5-3-13)19(25)18(10-21)23-20(26)15-6-7-15/h2-5,8-9,11-12,15,18-19,25,29H,6-7,10H2,1H3,(H,23,26)(H,24,27,28)/t12?,18-,19+/m1/s1. The van der Waals surface area contributed by atoms with Gasteiger partial charge in [-0.3, -0.25) is 9.78 Å². The Bertz CT molecular complexity index is 906. The molecule has 0 aliphatic heterocycles. The van der Waals surface area contributed by atoms with E-state index in [1.807, 2.05) is 6.07 Å². The molecule has 1 aliphatic rings. The van der Waals surface area contributed by atoms with Crippen molar-refractivity contribution in [3.05, 3.63) is 53.9 Å². The summed E-state index contributed by atoms with van der Waals surface area (Å²) in [5.41, 5.74) is 2.76. The third kappa shape index (κ3) is 5.59. The van der Waals surface area contributed by atoms with E-state index in [9.17, 15) is 22.7 Å². The summed E-state index contributed by atoms with van der Waals surface area (Å²) in [5, 5.41) is 13.0. The number of amides is 1. The molecule has 1 saturated carbocycles. The number of aliphatic hydroxyl groups excluding tert-OH is 1. The molecule has 1 heterocycles. The van der Waals surface area contributed by atoms with Gasteiger partial charge in [0.1, 0.15) is 12.8 Å². The van der Waals surface area contributed by atoms with Crippen molar-refractivity contribution in [3.63, 3.8) is 0 Å². The molecule has 1 aromatic carbocycles. The molecule has 7 nitrogen and oxygen atoms in total. The van der Waals surface area contributed by atoms with E-state index >= 15 is 0 Å². The van der Waals surface area contributed by atoms with Crippen molar-refractivity contribution >= 4 is 16.8 Å². The van der Waals surface area contributed by atoms with Crippen LogP contribution in [0.15, 0.2) is 42.6 Å². The van der Waals surface area contributed by atoms with Gasteiger partial charge in [-0.25, -0.2) is 17.5 Å². The van der Waals surface area contributed by atoms with Crippen LogP contribution in [-0.2, 0) is 15.7 Å². The van der Waals surface area contributed by atoms with Crippen LogP contribution in [0.3, 0.4) is 0 Å². The molecule has 1 aromatic heterocycles. The monoisotopic (exact) mass is 421 g/mol. The van der Waals surface area contributed by atoms with Crippen LogP contribution in [-0.4, -0.2) is 37.1 Å². The number of pyridine rings is 1. The number of aromatic nitrogens is 1. The second-order valence-corrected chi connectivity index (χ2v) is 7.96. The van der Waals surface area contributed by atoms with Crippen molar-refractivity contribution in [1.29, 1.82) is 0 Å². The molecule has 29 heavy (non-hydrogen) atoms. The van der Waals surface area contributed by atoms with E-state index in [1.54, 1.807) is 43.5 Å². The molecule has 0 radical (unpaired) electrons. The number of carbonyl (C=O) groups is 1. The van der Waals surface area contributed by atoms with Gasteiger partial charge in [-0.2, -0.15) is 0 Å². The number of carbonyl (C=O) groups excluding carboxylic acids is 1. The molecule has 3 atom stereocenters. The van der Waals surface area contributed by atoms with Gasteiger partial charge in [0.25, 0.3) is 0 Å². The predicted molar refractivity (Wildman–Crippen MR) is 107 cm³/mol. The quantitative estimate of drug-likeness (QED) is 0.462. The fourth-order valence-electron chi connectivity index (χ4n) is 3.01. The summed E-state index contributed by atoms with van der Waals surface area (Å²) < 4.78 is 37.2. The summed E-state index contributed by atoms with van der Waals surface area (Å²) in [6, 6.07) is 9.10. The first-order valence-corrected chi connectivity index (χ1v) is 10.6. The fraction of sp³-hybridized carbons (Fsp3) is 0.400. The van der Waals surface area contributed by atoms with Crippen molar-refractivity contribution in [2.45, 2.75) is 38.0 Å². The lowest BCUT2D eigenvalue weighted by Crippen LogP contribution is -2.41. The van der Waals surface area contributed by atoms with Crippen LogP contribution < -0.4 is 10.0 Å². The Kier molecular flexibility index (Phi) is 6.94. The number of thiol groups is 1. The first-order chi connectivity index (χ1) is 13.9. The Hall–Kier alpha value is -2.36.